The molecular formula is C22H23FN2O2S. The number of amides is 1. The summed E-state index contributed by atoms with van der Waals surface area (Å²) in [6.45, 7) is 6.05. The number of nitrogens with one attached hydrogen (secondary N) is 1. The molecule has 6 heteroatoms. The molecule has 0 spiro atoms. The Morgan fingerprint density at radius 3 is 2.96 bits per heavy atom. The Morgan fingerprint density at radius 1 is 1.29 bits per heavy atom. The van der Waals surface area contributed by atoms with Crippen LogP contribution in [0.4, 0.5) is 10.1 Å². The third-order valence-electron chi connectivity index (χ3n) is 4.28. The Bertz CT molecular complexity index is 984. The number of carbonyl (C=O) groups excluding carboxylic acids is 1. The van der Waals surface area contributed by atoms with E-state index in [0.29, 0.717) is 12.2 Å². The first-order valence-corrected chi connectivity index (χ1v) is 10.1. The minimum atomic E-state index is -0.559. The van der Waals surface area contributed by atoms with Crippen molar-refractivity contribution in [1.29, 1.82) is 0 Å². The summed E-state index contributed by atoms with van der Waals surface area (Å²) in [6.07, 6.45) is 5.76. The molecule has 0 atom stereocenters. The van der Waals surface area contributed by atoms with Crippen molar-refractivity contribution in [2.24, 2.45) is 0 Å². The van der Waals surface area contributed by atoms with Crippen LogP contribution in [0, 0.1) is 12.7 Å². The summed E-state index contributed by atoms with van der Waals surface area (Å²) in [5.74, 6) is -0.778. The largest absolute Gasteiger partial charge is 0.490 e. The minimum Gasteiger partial charge on any atom is -0.490 e. The zero-order valence-electron chi connectivity index (χ0n) is 15.8. The molecule has 0 saturated carbocycles. The molecule has 1 N–H and O–H groups in total. The highest BCUT2D eigenvalue weighted by Crippen LogP contribution is 2.26. The van der Waals surface area contributed by atoms with Crippen LogP contribution in [-0.2, 0) is 0 Å². The number of carbonyl (C=O) groups is 1. The third-order valence-corrected chi connectivity index (χ3v) is 5.21. The monoisotopic (exact) mass is 398 g/mol. The number of nitrogens with zero attached hydrogens (tertiary/aromatic N) is 1. The number of unbranched alkanes of at least 4 members (excludes halogenated alkanes) is 3. The molecule has 1 aromatic heterocycles. The van der Waals surface area contributed by atoms with Gasteiger partial charge in [-0.25, -0.2) is 9.37 Å². The van der Waals surface area contributed by atoms with Crippen molar-refractivity contribution in [3.8, 4) is 5.75 Å². The number of rotatable bonds is 9. The highest BCUT2D eigenvalue weighted by molar-refractivity contribution is 7.18. The van der Waals surface area contributed by atoms with E-state index in [1.807, 2.05) is 13.0 Å². The van der Waals surface area contributed by atoms with Gasteiger partial charge in [0.05, 0.1) is 27.5 Å². The first-order valence-electron chi connectivity index (χ1n) is 9.29. The van der Waals surface area contributed by atoms with Gasteiger partial charge in [-0.1, -0.05) is 12.1 Å². The number of hydrogen-bond acceptors (Lipinski definition) is 4. The molecule has 1 amide bonds. The van der Waals surface area contributed by atoms with Gasteiger partial charge in [-0.2, -0.15) is 0 Å². The zero-order chi connectivity index (χ0) is 19.9. The fourth-order valence-corrected chi connectivity index (χ4v) is 3.71. The van der Waals surface area contributed by atoms with E-state index in [0.717, 1.165) is 40.9 Å². The molecule has 28 heavy (non-hydrogen) atoms. The molecule has 0 aliphatic rings. The summed E-state index contributed by atoms with van der Waals surface area (Å²) < 4.78 is 21.2. The maximum atomic E-state index is 14.7. The number of ether oxygens (including phenoxy) is 1. The van der Waals surface area contributed by atoms with Gasteiger partial charge in [0, 0.05) is 5.56 Å². The number of benzene rings is 2. The number of thiazole rings is 1. The fourth-order valence-electron chi connectivity index (χ4n) is 2.84. The Morgan fingerprint density at radius 2 is 2.14 bits per heavy atom. The predicted octanol–water partition coefficient (Wildman–Crippen LogP) is 6.12. The van der Waals surface area contributed by atoms with Gasteiger partial charge in [0.25, 0.3) is 5.91 Å². The number of fused-ring (bicyclic) bond motifs is 1. The Kier molecular flexibility index (Phi) is 6.76. The van der Waals surface area contributed by atoms with Crippen LogP contribution in [0.25, 0.3) is 10.2 Å². The number of hydrogen-bond donors (Lipinski definition) is 1. The third kappa shape index (κ3) is 4.95. The van der Waals surface area contributed by atoms with Crippen LogP contribution in [0.2, 0.25) is 0 Å². The van der Waals surface area contributed by atoms with Gasteiger partial charge in [-0.3, -0.25) is 4.79 Å². The van der Waals surface area contributed by atoms with Gasteiger partial charge in [0.15, 0.2) is 11.6 Å². The Labute approximate surface area is 168 Å². The van der Waals surface area contributed by atoms with Crippen molar-refractivity contribution in [2.75, 3.05) is 11.9 Å². The summed E-state index contributed by atoms with van der Waals surface area (Å²) in [5, 5.41) is 3.57. The Hall–Kier alpha value is -2.73. The van der Waals surface area contributed by atoms with E-state index in [-0.39, 0.29) is 17.3 Å². The first kappa shape index (κ1) is 20.0. The van der Waals surface area contributed by atoms with Gasteiger partial charge < -0.3 is 10.1 Å². The molecule has 2 aromatic carbocycles. The summed E-state index contributed by atoms with van der Waals surface area (Å²) >= 11 is 1.52. The van der Waals surface area contributed by atoms with Crippen LogP contribution >= 0.6 is 11.3 Å². The van der Waals surface area contributed by atoms with Gasteiger partial charge in [0.1, 0.15) is 0 Å². The quantitative estimate of drug-likeness (QED) is 0.349. The molecule has 1 heterocycles. The molecule has 0 saturated heterocycles. The molecule has 146 valence electrons. The van der Waals surface area contributed by atoms with Crippen molar-refractivity contribution in [3.63, 3.8) is 0 Å². The lowest BCUT2D eigenvalue weighted by atomic mass is 10.2. The van der Waals surface area contributed by atoms with Crippen LogP contribution in [-0.4, -0.2) is 17.5 Å². The number of halogens is 1. The van der Waals surface area contributed by atoms with E-state index in [2.05, 4.69) is 16.9 Å². The van der Waals surface area contributed by atoms with Gasteiger partial charge in [0.2, 0.25) is 0 Å². The topological polar surface area (TPSA) is 51.2 Å². The van der Waals surface area contributed by atoms with E-state index in [9.17, 15) is 9.18 Å². The molecule has 3 rings (SSSR count). The highest BCUT2D eigenvalue weighted by Gasteiger charge is 2.14. The normalized spacial score (nSPS) is 10.8. The van der Waals surface area contributed by atoms with E-state index < -0.39 is 5.82 Å². The van der Waals surface area contributed by atoms with Crippen molar-refractivity contribution in [3.05, 3.63) is 65.4 Å². The molecule has 0 radical (unpaired) electrons. The SMILES string of the molecule is C=CCCCCCOc1cccc(NC(=O)c2ccc3nc(C)sc3c2)c1F. The predicted molar refractivity (Wildman–Crippen MR) is 113 cm³/mol. The maximum absolute atomic E-state index is 14.7. The molecule has 0 bridgehead atoms. The average Bonchev–Trinajstić information content (AvgIpc) is 3.06. The van der Waals surface area contributed by atoms with Crippen LogP contribution < -0.4 is 10.1 Å². The van der Waals surface area contributed by atoms with Crippen molar-refractivity contribution < 1.29 is 13.9 Å². The van der Waals surface area contributed by atoms with Crippen LogP contribution in [0.15, 0.2) is 49.1 Å². The molecule has 0 aliphatic carbocycles. The van der Waals surface area contributed by atoms with Gasteiger partial charge in [-0.15, -0.1) is 17.9 Å². The molecule has 3 aromatic rings. The van der Waals surface area contributed by atoms with Crippen molar-refractivity contribution in [1.82, 2.24) is 4.98 Å². The molecule has 0 aliphatic heterocycles. The lowest BCUT2D eigenvalue weighted by molar-refractivity contribution is 0.102. The first-order chi connectivity index (χ1) is 13.6. The second kappa shape index (κ2) is 9.46. The Balaban J connectivity index is 1.64. The highest BCUT2D eigenvalue weighted by atomic mass is 32.1. The molecule has 4 nitrogen and oxygen atoms in total. The lowest BCUT2D eigenvalue weighted by Gasteiger charge is -2.11. The van der Waals surface area contributed by atoms with Crippen LogP contribution in [0.3, 0.4) is 0 Å². The molecule has 0 unspecified atom stereocenters. The molecule has 0 fully saturated rings. The zero-order valence-corrected chi connectivity index (χ0v) is 16.7. The maximum Gasteiger partial charge on any atom is 0.255 e. The van der Waals surface area contributed by atoms with Gasteiger partial charge >= 0.3 is 0 Å². The summed E-state index contributed by atoms with van der Waals surface area (Å²) in [6, 6.07) is 10.0. The van der Waals surface area contributed by atoms with E-state index >= 15 is 0 Å². The van der Waals surface area contributed by atoms with Crippen LogP contribution in [0.5, 0.6) is 5.75 Å². The smallest absolute Gasteiger partial charge is 0.255 e. The fraction of sp³-hybridized carbons (Fsp3) is 0.273. The van der Waals surface area contributed by atoms with E-state index in [1.54, 1.807) is 30.3 Å². The summed E-state index contributed by atoms with van der Waals surface area (Å²) in [4.78, 5) is 16.9. The van der Waals surface area contributed by atoms with Crippen molar-refractivity contribution in [2.45, 2.75) is 32.6 Å². The number of aromatic nitrogens is 1. The minimum absolute atomic E-state index is 0.106. The number of allylic oxidation sites excluding steroid dienone is 1. The lowest BCUT2D eigenvalue weighted by Crippen LogP contribution is -2.13. The number of aryl methyl sites for hydroxylation is 1. The summed E-state index contributed by atoms with van der Waals surface area (Å²) in [7, 11) is 0. The van der Waals surface area contributed by atoms with Crippen molar-refractivity contribution >= 4 is 33.1 Å². The molecular weight excluding hydrogens is 375 g/mol. The van der Waals surface area contributed by atoms with Crippen LogP contribution in [0.1, 0.15) is 41.0 Å². The second-order valence-corrected chi connectivity index (χ2v) is 7.71. The summed E-state index contributed by atoms with van der Waals surface area (Å²) in [5.41, 5.74) is 1.42. The van der Waals surface area contributed by atoms with E-state index in [1.165, 1.54) is 17.4 Å². The van der Waals surface area contributed by atoms with Gasteiger partial charge in [-0.05, 0) is 62.9 Å². The number of anilines is 1. The van der Waals surface area contributed by atoms with E-state index in [4.69, 9.17) is 4.74 Å². The second-order valence-electron chi connectivity index (χ2n) is 6.47. The standard InChI is InChI=1S/C22H23FN2O2S/c1-3-4-5-6-7-13-27-19-10-8-9-18(21(19)23)25-22(26)16-11-12-17-20(14-16)28-15(2)24-17/h3,8-12,14H,1,4-7,13H2,2H3,(H,25,26). The average molecular weight is 399 g/mol.